The smallest absolute Gasteiger partial charge is 0.349 e. The van der Waals surface area contributed by atoms with Gasteiger partial charge in [0.1, 0.15) is 11.5 Å². The summed E-state index contributed by atoms with van der Waals surface area (Å²) in [4.78, 5) is 11.8. The zero-order valence-corrected chi connectivity index (χ0v) is 12.0. The van der Waals surface area contributed by atoms with E-state index in [1.165, 1.54) is 0 Å². The molecular formula is C17H18O3. The van der Waals surface area contributed by atoms with Crippen LogP contribution in [-0.2, 0) is 4.79 Å². The van der Waals surface area contributed by atoms with Gasteiger partial charge in [-0.1, -0.05) is 35.9 Å². The highest BCUT2D eigenvalue weighted by Crippen LogP contribution is 2.24. The third kappa shape index (κ3) is 3.60. The van der Waals surface area contributed by atoms with Crippen LogP contribution in [0.4, 0.5) is 0 Å². The van der Waals surface area contributed by atoms with E-state index in [2.05, 4.69) is 0 Å². The maximum absolute atomic E-state index is 11.8. The molecule has 0 spiro atoms. The van der Waals surface area contributed by atoms with E-state index in [9.17, 15) is 4.79 Å². The van der Waals surface area contributed by atoms with Crippen molar-refractivity contribution in [2.75, 3.05) is 6.61 Å². The van der Waals surface area contributed by atoms with Crippen molar-refractivity contribution in [1.82, 2.24) is 0 Å². The first-order valence-electron chi connectivity index (χ1n) is 6.52. The highest BCUT2D eigenvalue weighted by Gasteiger charge is 2.11. The molecule has 3 heteroatoms. The molecule has 0 bridgehead atoms. The molecule has 0 fully saturated rings. The molecule has 0 aliphatic rings. The standard InChI is InChI=1S/C17H18O3/c1-12-9-13(2)17(14(3)10-12)20-16(18)11-19-15-7-5-4-6-8-15/h4-10H,11H2,1-3H3. The lowest BCUT2D eigenvalue weighted by Crippen LogP contribution is -2.18. The quantitative estimate of drug-likeness (QED) is 0.629. The van der Waals surface area contributed by atoms with Crippen molar-refractivity contribution in [3.05, 3.63) is 59.2 Å². The first-order valence-corrected chi connectivity index (χ1v) is 6.52. The Hall–Kier alpha value is -2.29. The Morgan fingerprint density at radius 3 is 2.20 bits per heavy atom. The van der Waals surface area contributed by atoms with Crippen LogP contribution in [0, 0.1) is 20.8 Å². The van der Waals surface area contributed by atoms with E-state index in [4.69, 9.17) is 9.47 Å². The van der Waals surface area contributed by atoms with E-state index in [1.807, 2.05) is 51.1 Å². The monoisotopic (exact) mass is 270 g/mol. The molecule has 0 radical (unpaired) electrons. The lowest BCUT2D eigenvalue weighted by atomic mass is 10.1. The summed E-state index contributed by atoms with van der Waals surface area (Å²) in [6.07, 6.45) is 0. The van der Waals surface area contributed by atoms with Crippen LogP contribution in [0.1, 0.15) is 16.7 Å². The summed E-state index contributed by atoms with van der Waals surface area (Å²) >= 11 is 0. The summed E-state index contributed by atoms with van der Waals surface area (Å²) in [6, 6.07) is 13.2. The Balaban J connectivity index is 1.98. The Kier molecular flexibility index (Phi) is 4.41. The van der Waals surface area contributed by atoms with Crippen LogP contribution in [0.15, 0.2) is 42.5 Å². The van der Waals surface area contributed by atoms with E-state index in [0.29, 0.717) is 11.5 Å². The van der Waals surface area contributed by atoms with Gasteiger partial charge in [0, 0.05) is 0 Å². The van der Waals surface area contributed by atoms with Crippen molar-refractivity contribution in [2.24, 2.45) is 0 Å². The number of para-hydroxylation sites is 1. The number of esters is 1. The number of aryl methyl sites for hydroxylation is 3. The van der Waals surface area contributed by atoms with Crippen molar-refractivity contribution in [1.29, 1.82) is 0 Å². The average molecular weight is 270 g/mol. The molecule has 0 atom stereocenters. The summed E-state index contributed by atoms with van der Waals surface area (Å²) in [5.74, 6) is 0.878. The second-order valence-electron chi connectivity index (χ2n) is 4.80. The van der Waals surface area contributed by atoms with Gasteiger partial charge in [-0.25, -0.2) is 4.79 Å². The van der Waals surface area contributed by atoms with Gasteiger partial charge in [-0.15, -0.1) is 0 Å². The maximum atomic E-state index is 11.8. The molecule has 0 amide bonds. The topological polar surface area (TPSA) is 35.5 Å². The third-order valence-corrected chi connectivity index (χ3v) is 2.92. The zero-order valence-electron chi connectivity index (χ0n) is 12.0. The van der Waals surface area contributed by atoms with Gasteiger partial charge in [-0.05, 0) is 44.0 Å². The molecule has 2 aromatic carbocycles. The van der Waals surface area contributed by atoms with Crippen LogP contribution < -0.4 is 9.47 Å². The number of ether oxygens (including phenoxy) is 2. The van der Waals surface area contributed by atoms with Crippen molar-refractivity contribution in [3.63, 3.8) is 0 Å². The van der Waals surface area contributed by atoms with Crippen LogP contribution in [-0.4, -0.2) is 12.6 Å². The van der Waals surface area contributed by atoms with Gasteiger partial charge in [-0.3, -0.25) is 0 Å². The molecule has 0 N–H and O–H groups in total. The van der Waals surface area contributed by atoms with E-state index in [0.717, 1.165) is 16.7 Å². The van der Waals surface area contributed by atoms with Gasteiger partial charge in [0.15, 0.2) is 6.61 Å². The number of carbonyl (C=O) groups is 1. The highest BCUT2D eigenvalue weighted by atomic mass is 16.6. The van der Waals surface area contributed by atoms with Crippen LogP contribution in [0.25, 0.3) is 0 Å². The molecule has 0 aliphatic heterocycles. The fraction of sp³-hybridized carbons (Fsp3) is 0.235. The Morgan fingerprint density at radius 2 is 1.60 bits per heavy atom. The number of benzene rings is 2. The molecule has 0 heterocycles. The lowest BCUT2D eigenvalue weighted by Gasteiger charge is -2.12. The minimum Gasteiger partial charge on any atom is -0.482 e. The van der Waals surface area contributed by atoms with Gasteiger partial charge in [0.25, 0.3) is 0 Å². The van der Waals surface area contributed by atoms with Crippen molar-refractivity contribution >= 4 is 5.97 Å². The first kappa shape index (κ1) is 14.1. The lowest BCUT2D eigenvalue weighted by molar-refractivity contribution is -0.136. The number of rotatable bonds is 4. The average Bonchev–Trinajstić information content (AvgIpc) is 2.42. The summed E-state index contributed by atoms with van der Waals surface area (Å²) in [5.41, 5.74) is 3.06. The molecule has 0 unspecified atom stereocenters. The van der Waals surface area contributed by atoms with Crippen LogP contribution in [0.3, 0.4) is 0 Å². The second kappa shape index (κ2) is 6.24. The first-order chi connectivity index (χ1) is 9.56. The third-order valence-electron chi connectivity index (χ3n) is 2.92. The Labute approximate surface area is 119 Å². The van der Waals surface area contributed by atoms with E-state index in [1.54, 1.807) is 12.1 Å². The number of hydrogen-bond acceptors (Lipinski definition) is 3. The highest BCUT2D eigenvalue weighted by molar-refractivity contribution is 5.74. The fourth-order valence-corrected chi connectivity index (χ4v) is 2.13. The SMILES string of the molecule is Cc1cc(C)c(OC(=O)COc2ccccc2)c(C)c1. The number of carbonyl (C=O) groups excluding carboxylic acids is 1. The predicted octanol–water partition coefficient (Wildman–Crippen LogP) is 3.60. The largest absolute Gasteiger partial charge is 0.482 e. The fourth-order valence-electron chi connectivity index (χ4n) is 2.13. The number of hydrogen-bond donors (Lipinski definition) is 0. The molecule has 0 aliphatic carbocycles. The molecular weight excluding hydrogens is 252 g/mol. The molecule has 20 heavy (non-hydrogen) atoms. The minimum atomic E-state index is -0.399. The van der Waals surface area contributed by atoms with Crippen molar-refractivity contribution in [2.45, 2.75) is 20.8 Å². The Morgan fingerprint density at radius 1 is 1.00 bits per heavy atom. The zero-order chi connectivity index (χ0) is 14.5. The van der Waals surface area contributed by atoms with E-state index < -0.39 is 5.97 Å². The van der Waals surface area contributed by atoms with Gasteiger partial charge in [0.05, 0.1) is 0 Å². The Bertz CT molecular complexity index is 580. The molecule has 2 rings (SSSR count). The summed E-state index contributed by atoms with van der Waals surface area (Å²) < 4.78 is 10.8. The van der Waals surface area contributed by atoms with Crippen LogP contribution in [0.2, 0.25) is 0 Å². The molecule has 0 saturated heterocycles. The normalized spacial score (nSPS) is 10.2. The van der Waals surface area contributed by atoms with Gasteiger partial charge in [-0.2, -0.15) is 0 Å². The molecule has 0 aromatic heterocycles. The molecule has 3 nitrogen and oxygen atoms in total. The van der Waals surface area contributed by atoms with E-state index in [-0.39, 0.29) is 6.61 Å². The van der Waals surface area contributed by atoms with Crippen LogP contribution in [0.5, 0.6) is 11.5 Å². The second-order valence-corrected chi connectivity index (χ2v) is 4.80. The summed E-state index contributed by atoms with van der Waals surface area (Å²) in [6.45, 7) is 5.78. The molecule has 104 valence electrons. The van der Waals surface area contributed by atoms with Gasteiger partial charge in [0.2, 0.25) is 0 Å². The molecule has 2 aromatic rings. The summed E-state index contributed by atoms with van der Waals surface area (Å²) in [5, 5.41) is 0. The summed E-state index contributed by atoms with van der Waals surface area (Å²) in [7, 11) is 0. The molecule has 0 saturated carbocycles. The minimum absolute atomic E-state index is 0.100. The van der Waals surface area contributed by atoms with Gasteiger partial charge >= 0.3 is 5.97 Å². The van der Waals surface area contributed by atoms with Crippen molar-refractivity contribution < 1.29 is 14.3 Å². The maximum Gasteiger partial charge on any atom is 0.349 e. The van der Waals surface area contributed by atoms with Gasteiger partial charge < -0.3 is 9.47 Å². The van der Waals surface area contributed by atoms with E-state index >= 15 is 0 Å². The van der Waals surface area contributed by atoms with Crippen LogP contribution >= 0.6 is 0 Å². The van der Waals surface area contributed by atoms with Crippen molar-refractivity contribution in [3.8, 4) is 11.5 Å². The predicted molar refractivity (Wildman–Crippen MR) is 78.2 cm³/mol.